The van der Waals surface area contributed by atoms with Crippen molar-refractivity contribution < 1.29 is 14.2 Å². The molecule has 0 bridgehead atoms. The number of halogens is 1. The van der Waals surface area contributed by atoms with Gasteiger partial charge in [-0.05, 0) is 19.3 Å². The van der Waals surface area contributed by atoms with Gasteiger partial charge < -0.3 is 19.9 Å². The Hall–Kier alpha value is -1.13. The molecule has 1 aromatic rings. The molecule has 0 atom stereocenters. The van der Waals surface area contributed by atoms with Crippen LogP contribution in [0.5, 0.6) is 17.2 Å². The molecule has 1 aliphatic carbocycles. The highest BCUT2D eigenvalue weighted by molar-refractivity contribution is 6.32. The predicted molar refractivity (Wildman–Crippen MR) is 68.9 cm³/mol. The first kappa shape index (κ1) is 11.9. The van der Waals surface area contributed by atoms with Crippen LogP contribution in [0.25, 0.3) is 0 Å². The fourth-order valence-electron chi connectivity index (χ4n) is 2.27. The molecule has 0 amide bonds. The van der Waals surface area contributed by atoms with Gasteiger partial charge in [-0.3, -0.25) is 0 Å². The van der Waals surface area contributed by atoms with Crippen molar-refractivity contribution in [1.29, 1.82) is 0 Å². The quantitative estimate of drug-likeness (QED) is 0.914. The van der Waals surface area contributed by atoms with Crippen LogP contribution in [0, 0.1) is 0 Å². The van der Waals surface area contributed by atoms with Crippen LogP contribution in [0.1, 0.15) is 18.4 Å². The number of nitrogens with two attached hydrogens (primary N) is 1. The van der Waals surface area contributed by atoms with Crippen LogP contribution in [-0.4, -0.2) is 25.9 Å². The van der Waals surface area contributed by atoms with Crippen LogP contribution in [0.2, 0.25) is 5.02 Å². The Bertz CT molecular complexity index is 486. The molecule has 5 heteroatoms. The van der Waals surface area contributed by atoms with E-state index in [2.05, 4.69) is 0 Å². The Labute approximate surface area is 111 Å². The van der Waals surface area contributed by atoms with Crippen LogP contribution >= 0.6 is 11.6 Å². The van der Waals surface area contributed by atoms with E-state index in [1.54, 1.807) is 13.2 Å². The summed E-state index contributed by atoms with van der Waals surface area (Å²) in [6, 6.07) is 1.74. The third kappa shape index (κ3) is 1.99. The molecule has 0 unspecified atom stereocenters. The molecular formula is C13H16ClNO3. The zero-order valence-electron chi connectivity index (χ0n) is 10.3. The molecule has 0 saturated heterocycles. The summed E-state index contributed by atoms with van der Waals surface area (Å²) in [5.74, 6) is 2.07. The van der Waals surface area contributed by atoms with Gasteiger partial charge in [-0.25, -0.2) is 0 Å². The normalized spacial score (nSPS) is 19.5. The Kier molecular flexibility index (Phi) is 2.79. The molecule has 0 spiro atoms. The van der Waals surface area contributed by atoms with Gasteiger partial charge >= 0.3 is 0 Å². The minimum atomic E-state index is -0.132. The number of fused-ring (bicyclic) bond motifs is 1. The van der Waals surface area contributed by atoms with Crippen molar-refractivity contribution >= 4 is 11.6 Å². The fourth-order valence-corrected chi connectivity index (χ4v) is 2.56. The second-order valence-corrected chi connectivity index (χ2v) is 5.34. The van der Waals surface area contributed by atoms with E-state index in [-0.39, 0.29) is 5.54 Å². The van der Waals surface area contributed by atoms with E-state index in [0.29, 0.717) is 36.2 Å². The Morgan fingerprint density at radius 1 is 1.39 bits per heavy atom. The van der Waals surface area contributed by atoms with Gasteiger partial charge in [0.1, 0.15) is 19.0 Å². The standard InChI is InChI=1S/C13H16ClNO3/c1-16-11-8(7-13(15)2-3-13)12-10(6-9(11)14)17-4-5-18-12/h6H,2-5,7,15H2,1H3. The summed E-state index contributed by atoms with van der Waals surface area (Å²) >= 11 is 6.21. The van der Waals surface area contributed by atoms with Crippen molar-refractivity contribution in [3.05, 3.63) is 16.7 Å². The number of hydrogen-bond donors (Lipinski definition) is 1. The van der Waals surface area contributed by atoms with Gasteiger partial charge in [0.05, 0.1) is 12.1 Å². The molecular weight excluding hydrogens is 254 g/mol. The van der Waals surface area contributed by atoms with Gasteiger partial charge in [0.15, 0.2) is 11.5 Å². The van der Waals surface area contributed by atoms with E-state index in [0.717, 1.165) is 24.2 Å². The topological polar surface area (TPSA) is 53.7 Å². The van der Waals surface area contributed by atoms with Gasteiger partial charge in [0, 0.05) is 17.2 Å². The lowest BCUT2D eigenvalue weighted by Gasteiger charge is -2.24. The first-order valence-corrected chi connectivity index (χ1v) is 6.45. The maximum Gasteiger partial charge on any atom is 0.168 e. The molecule has 3 rings (SSSR count). The van der Waals surface area contributed by atoms with Gasteiger partial charge in [-0.1, -0.05) is 11.6 Å². The van der Waals surface area contributed by atoms with Crippen molar-refractivity contribution in [2.24, 2.45) is 5.73 Å². The molecule has 1 fully saturated rings. The molecule has 98 valence electrons. The summed E-state index contributed by atoms with van der Waals surface area (Å²) in [5.41, 5.74) is 6.99. The highest BCUT2D eigenvalue weighted by Gasteiger charge is 2.40. The van der Waals surface area contributed by atoms with E-state index in [9.17, 15) is 0 Å². The van der Waals surface area contributed by atoms with Crippen LogP contribution in [0.3, 0.4) is 0 Å². The predicted octanol–water partition coefficient (Wildman–Crippen LogP) is 2.15. The minimum Gasteiger partial charge on any atom is -0.495 e. The van der Waals surface area contributed by atoms with E-state index >= 15 is 0 Å². The molecule has 0 aromatic heterocycles. The molecule has 1 saturated carbocycles. The lowest BCUT2D eigenvalue weighted by Crippen LogP contribution is -2.26. The summed E-state index contributed by atoms with van der Waals surface area (Å²) in [4.78, 5) is 0. The van der Waals surface area contributed by atoms with E-state index < -0.39 is 0 Å². The number of methoxy groups -OCH3 is 1. The average molecular weight is 270 g/mol. The molecule has 2 aliphatic rings. The van der Waals surface area contributed by atoms with Gasteiger partial charge in [-0.2, -0.15) is 0 Å². The van der Waals surface area contributed by atoms with Crippen molar-refractivity contribution in [2.75, 3.05) is 20.3 Å². The smallest absolute Gasteiger partial charge is 0.168 e. The van der Waals surface area contributed by atoms with Gasteiger partial charge in [0.25, 0.3) is 0 Å². The number of ether oxygens (including phenoxy) is 3. The maximum atomic E-state index is 6.21. The first-order valence-electron chi connectivity index (χ1n) is 6.07. The van der Waals surface area contributed by atoms with Crippen LogP contribution < -0.4 is 19.9 Å². The zero-order valence-corrected chi connectivity index (χ0v) is 11.0. The minimum absolute atomic E-state index is 0.132. The van der Waals surface area contributed by atoms with Crippen LogP contribution in [-0.2, 0) is 6.42 Å². The molecule has 2 N–H and O–H groups in total. The number of benzene rings is 1. The molecule has 1 aromatic carbocycles. The van der Waals surface area contributed by atoms with Crippen molar-refractivity contribution in [2.45, 2.75) is 24.8 Å². The van der Waals surface area contributed by atoms with E-state index in [1.165, 1.54) is 0 Å². The lowest BCUT2D eigenvalue weighted by atomic mass is 10.0. The largest absolute Gasteiger partial charge is 0.495 e. The van der Waals surface area contributed by atoms with Crippen LogP contribution in [0.15, 0.2) is 6.07 Å². The van der Waals surface area contributed by atoms with Gasteiger partial charge in [-0.15, -0.1) is 0 Å². The average Bonchev–Trinajstić information content (AvgIpc) is 3.07. The molecule has 18 heavy (non-hydrogen) atoms. The number of rotatable bonds is 3. The molecule has 0 radical (unpaired) electrons. The maximum absolute atomic E-state index is 6.21. The first-order chi connectivity index (χ1) is 8.63. The van der Waals surface area contributed by atoms with E-state index in [1.807, 2.05) is 0 Å². The molecule has 4 nitrogen and oxygen atoms in total. The van der Waals surface area contributed by atoms with Crippen molar-refractivity contribution in [3.63, 3.8) is 0 Å². The SMILES string of the molecule is COc1c(Cl)cc2c(c1CC1(N)CC1)OCCO2. The summed E-state index contributed by atoms with van der Waals surface area (Å²) in [5, 5.41) is 0.543. The van der Waals surface area contributed by atoms with E-state index in [4.69, 9.17) is 31.5 Å². The third-order valence-corrected chi connectivity index (χ3v) is 3.74. The summed E-state index contributed by atoms with van der Waals surface area (Å²) < 4.78 is 16.7. The summed E-state index contributed by atoms with van der Waals surface area (Å²) in [7, 11) is 1.61. The highest BCUT2D eigenvalue weighted by atomic mass is 35.5. The Morgan fingerprint density at radius 3 is 2.78 bits per heavy atom. The molecule has 1 heterocycles. The molecule has 1 aliphatic heterocycles. The van der Waals surface area contributed by atoms with Crippen LogP contribution in [0.4, 0.5) is 0 Å². The van der Waals surface area contributed by atoms with Crippen molar-refractivity contribution in [3.8, 4) is 17.2 Å². The number of hydrogen-bond acceptors (Lipinski definition) is 4. The van der Waals surface area contributed by atoms with Crippen molar-refractivity contribution in [1.82, 2.24) is 0 Å². The Balaban J connectivity index is 2.08. The highest BCUT2D eigenvalue weighted by Crippen LogP contribution is 2.48. The monoisotopic (exact) mass is 269 g/mol. The second kappa shape index (κ2) is 4.21. The third-order valence-electron chi connectivity index (χ3n) is 3.46. The zero-order chi connectivity index (χ0) is 12.8. The Morgan fingerprint density at radius 2 is 2.11 bits per heavy atom. The summed E-state index contributed by atoms with van der Waals surface area (Å²) in [6.07, 6.45) is 2.76. The second-order valence-electron chi connectivity index (χ2n) is 4.93. The summed E-state index contributed by atoms with van der Waals surface area (Å²) in [6.45, 7) is 1.09. The fraction of sp³-hybridized carbons (Fsp3) is 0.538. The lowest BCUT2D eigenvalue weighted by molar-refractivity contribution is 0.168. The van der Waals surface area contributed by atoms with Gasteiger partial charge in [0.2, 0.25) is 0 Å².